The van der Waals surface area contributed by atoms with Gasteiger partial charge in [0, 0.05) is 18.4 Å². The zero-order chi connectivity index (χ0) is 10.9. The molecule has 1 aliphatic rings. The van der Waals surface area contributed by atoms with Crippen molar-refractivity contribution in [2.24, 2.45) is 0 Å². The maximum absolute atomic E-state index is 11.5. The van der Waals surface area contributed by atoms with Crippen molar-refractivity contribution < 1.29 is 20.1 Å². The summed E-state index contributed by atoms with van der Waals surface area (Å²) in [5.74, 6) is -0.493. The molecule has 2 rings (SSSR count). The number of hydrogen-bond donors (Lipinski definition) is 3. The Morgan fingerprint density at radius 3 is 2.40 bits per heavy atom. The fourth-order valence-electron chi connectivity index (χ4n) is 1.33. The molecule has 3 N–H and O–H groups in total. The highest BCUT2D eigenvalue weighted by Crippen LogP contribution is 2.28. The fraction of sp³-hybridized carbons (Fsp3) is 0.300. The molecule has 1 amide bonds. The van der Waals surface area contributed by atoms with Crippen LogP contribution in [0.25, 0.3) is 0 Å². The molecular weight excluding hydrogens is 196 g/mol. The van der Waals surface area contributed by atoms with E-state index in [2.05, 4.69) is 5.43 Å². The SMILES string of the molecule is O=C(N[N+](O)(O)C1CC1)c1ccccc1. The van der Waals surface area contributed by atoms with Crippen LogP contribution in [0.5, 0.6) is 0 Å². The highest BCUT2D eigenvalue weighted by atomic mass is 16.9. The summed E-state index contributed by atoms with van der Waals surface area (Å²) in [6, 6.07) is 8.16. The molecular formula is C10H13N2O3+. The lowest BCUT2D eigenvalue weighted by Gasteiger charge is -2.20. The van der Waals surface area contributed by atoms with Crippen molar-refractivity contribution in [3.63, 3.8) is 0 Å². The van der Waals surface area contributed by atoms with Gasteiger partial charge in [0.15, 0.2) is 6.04 Å². The van der Waals surface area contributed by atoms with Crippen LogP contribution in [0.1, 0.15) is 23.2 Å². The Labute approximate surface area is 87.0 Å². The number of carbonyl (C=O) groups is 1. The Bertz CT molecular complexity index is 360. The second kappa shape index (κ2) is 3.62. The Hall–Kier alpha value is -1.43. The number of carbonyl (C=O) groups excluding carboxylic acids is 1. The lowest BCUT2D eigenvalue weighted by Crippen LogP contribution is -2.57. The van der Waals surface area contributed by atoms with E-state index in [0.29, 0.717) is 18.4 Å². The molecule has 1 aromatic rings. The first-order valence-corrected chi connectivity index (χ1v) is 4.81. The van der Waals surface area contributed by atoms with Crippen LogP contribution in [0, 0.1) is 0 Å². The third-order valence-electron chi connectivity index (χ3n) is 2.36. The van der Waals surface area contributed by atoms with E-state index >= 15 is 0 Å². The zero-order valence-electron chi connectivity index (χ0n) is 8.13. The predicted molar refractivity (Wildman–Crippen MR) is 50.8 cm³/mol. The molecule has 0 bridgehead atoms. The highest BCUT2D eigenvalue weighted by Gasteiger charge is 2.47. The number of hydrogen-bond acceptors (Lipinski definition) is 3. The summed E-state index contributed by atoms with van der Waals surface area (Å²) in [6.07, 6.45) is 1.42. The van der Waals surface area contributed by atoms with Crippen LogP contribution in [-0.4, -0.2) is 27.3 Å². The Kier molecular flexibility index (Phi) is 2.44. The number of benzene rings is 1. The van der Waals surface area contributed by atoms with Crippen LogP contribution in [0.15, 0.2) is 30.3 Å². The first-order valence-electron chi connectivity index (χ1n) is 4.81. The van der Waals surface area contributed by atoms with Gasteiger partial charge in [-0.05, 0) is 12.1 Å². The smallest absolute Gasteiger partial charge is 0.264 e. The van der Waals surface area contributed by atoms with Gasteiger partial charge < -0.3 is 0 Å². The van der Waals surface area contributed by atoms with Crippen molar-refractivity contribution in [2.45, 2.75) is 18.9 Å². The maximum Gasteiger partial charge on any atom is 0.301 e. The quantitative estimate of drug-likeness (QED) is 0.515. The molecule has 0 aliphatic heterocycles. The van der Waals surface area contributed by atoms with Crippen molar-refractivity contribution in [2.75, 3.05) is 0 Å². The molecule has 15 heavy (non-hydrogen) atoms. The summed E-state index contributed by atoms with van der Waals surface area (Å²) in [4.78, 5) is 10.1. The van der Waals surface area contributed by atoms with E-state index < -0.39 is 10.8 Å². The lowest BCUT2D eigenvalue weighted by atomic mass is 10.2. The van der Waals surface area contributed by atoms with Crippen LogP contribution in [0.3, 0.4) is 0 Å². The average molecular weight is 209 g/mol. The van der Waals surface area contributed by atoms with Gasteiger partial charge >= 0.3 is 5.91 Å². The maximum atomic E-state index is 11.5. The van der Waals surface area contributed by atoms with Crippen molar-refractivity contribution in [3.8, 4) is 0 Å². The summed E-state index contributed by atoms with van der Waals surface area (Å²) in [6.45, 7) is 0. The third-order valence-corrected chi connectivity index (χ3v) is 2.36. The monoisotopic (exact) mass is 209 g/mol. The second-order valence-corrected chi connectivity index (χ2v) is 3.69. The summed E-state index contributed by atoms with van der Waals surface area (Å²) >= 11 is 0. The minimum Gasteiger partial charge on any atom is -0.264 e. The molecule has 1 saturated carbocycles. The van der Waals surface area contributed by atoms with E-state index in [0.717, 1.165) is 0 Å². The second-order valence-electron chi connectivity index (χ2n) is 3.69. The fourth-order valence-corrected chi connectivity index (χ4v) is 1.33. The van der Waals surface area contributed by atoms with Crippen LogP contribution < -0.4 is 5.43 Å². The number of nitrogens with one attached hydrogen (secondary N) is 1. The summed E-state index contributed by atoms with van der Waals surface area (Å²) in [7, 11) is 0. The van der Waals surface area contributed by atoms with Gasteiger partial charge in [0.2, 0.25) is 0 Å². The van der Waals surface area contributed by atoms with E-state index in [4.69, 9.17) is 0 Å². The highest BCUT2D eigenvalue weighted by molar-refractivity contribution is 5.93. The predicted octanol–water partition coefficient (Wildman–Crippen LogP) is 1.09. The summed E-state index contributed by atoms with van der Waals surface area (Å²) in [5, 5.41) is 18.9. The van der Waals surface area contributed by atoms with E-state index in [-0.39, 0.29) is 6.04 Å². The van der Waals surface area contributed by atoms with Crippen molar-refractivity contribution >= 4 is 5.91 Å². The summed E-state index contributed by atoms with van der Waals surface area (Å²) in [5.41, 5.74) is 2.55. The molecule has 0 atom stereocenters. The average Bonchev–Trinajstić information content (AvgIpc) is 3.01. The zero-order valence-corrected chi connectivity index (χ0v) is 8.13. The molecule has 0 aromatic heterocycles. The van der Waals surface area contributed by atoms with Crippen LogP contribution >= 0.6 is 0 Å². The van der Waals surface area contributed by atoms with Gasteiger partial charge in [-0.3, -0.25) is 4.79 Å². The van der Waals surface area contributed by atoms with Crippen molar-refractivity contribution in [1.29, 1.82) is 0 Å². The normalized spacial score (nSPS) is 16.1. The van der Waals surface area contributed by atoms with Crippen molar-refractivity contribution in [1.82, 2.24) is 5.43 Å². The third kappa shape index (κ3) is 2.33. The van der Waals surface area contributed by atoms with Gasteiger partial charge in [0.25, 0.3) is 0 Å². The Balaban J connectivity index is 2.03. The number of amides is 1. The molecule has 1 aliphatic carbocycles. The Morgan fingerprint density at radius 1 is 1.27 bits per heavy atom. The summed E-state index contributed by atoms with van der Waals surface area (Å²) < 4.78 is 0. The van der Waals surface area contributed by atoms with E-state index in [9.17, 15) is 15.2 Å². The minimum atomic E-state index is -1.41. The first kappa shape index (κ1) is 10.1. The van der Waals surface area contributed by atoms with Crippen LogP contribution in [0.4, 0.5) is 0 Å². The molecule has 0 heterocycles. The molecule has 0 saturated heterocycles. The first-order chi connectivity index (χ1) is 7.09. The number of rotatable bonds is 3. The van der Waals surface area contributed by atoms with Gasteiger partial charge in [0.1, 0.15) is 0 Å². The molecule has 0 unspecified atom stereocenters. The van der Waals surface area contributed by atoms with Gasteiger partial charge in [0.05, 0.1) is 4.92 Å². The van der Waals surface area contributed by atoms with Crippen LogP contribution in [-0.2, 0) is 0 Å². The number of hydroxylamine groups is 2. The van der Waals surface area contributed by atoms with Crippen molar-refractivity contribution in [3.05, 3.63) is 35.9 Å². The topological polar surface area (TPSA) is 69.6 Å². The molecule has 5 nitrogen and oxygen atoms in total. The van der Waals surface area contributed by atoms with Gasteiger partial charge in [-0.2, -0.15) is 10.4 Å². The largest absolute Gasteiger partial charge is 0.301 e. The molecule has 80 valence electrons. The standard InChI is InChI=1S/C10H12N2O3/c13-10(8-4-2-1-3-5-8)11-12(14,15)9-6-7-9/h1-5,9,14-15H,6-7H2/p+1. The number of quaternary nitrogens is 1. The molecule has 1 aromatic carbocycles. The lowest BCUT2D eigenvalue weighted by molar-refractivity contribution is -1.28. The van der Waals surface area contributed by atoms with Gasteiger partial charge in [-0.25, -0.2) is 0 Å². The molecule has 0 spiro atoms. The van der Waals surface area contributed by atoms with E-state index in [1.54, 1.807) is 30.3 Å². The van der Waals surface area contributed by atoms with E-state index in [1.807, 2.05) is 0 Å². The minimum absolute atomic E-state index is 0.294. The van der Waals surface area contributed by atoms with Crippen LogP contribution in [0.2, 0.25) is 0 Å². The van der Waals surface area contributed by atoms with Gasteiger partial charge in [-0.15, -0.1) is 5.43 Å². The van der Waals surface area contributed by atoms with Gasteiger partial charge in [-0.1, -0.05) is 18.2 Å². The Morgan fingerprint density at radius 2 is 1.87 bits per heavy atom. The molecule has 5 heteroatoms. The van der Waals surface area contributed by atoms with E-state index in [1.165, 1.54) is 0 Å². The number of nitrogens with zero attached hydrogens (tertiary/aromatic N) is 1. The molecule has 0 radical (unpaired) electrons. The molecule has 1 fully saturated rings.